The summed E-state index contributed by atoms with van der Waals surface area (Å²) in [7, 11) is 0. The number of rotatable bonds is 10. The fourth-order valence-corrected chi connectivity index (χ4v) is 15.2. The minimum absolute atomic E-state index is 0.152. The van der Waals surface area contributed by atoms with Crippen molar-refractivity contribution in [3.63, 3.8) is 0 Å². The third kappa shape index (κ3) is 8.65. The largest absolute Gasteiger partial charge is 0.310 e. The molecule has 1 fully saturated rings. The fraction of sp³-hybridized carbons (Fsp3) is 0.0714. The van der Waals surface area contributed by atoms with E-state index < -0.39 is 0 Å². The van der Waals surface area contributed by atoms with Crippen molar-refractivity contribution in [3.8, 4) is 72.4 Å². The molecule has 3 nitrogen and oxygen atoms in total. The molecule has 3 aliphatic rings. The topological polar surface area (TPSA) is 11.4 Å². The highest BCUT2D eigenvalue weighted by Crippen LogP contribution is 2.54. The highest BCUT2D eigenvalue weighted by Gasteiger charge is 2.46. The van der Waals surface area contributed by atoms with Gasteiger partial charge in [-0.05, 0) is 134 Å². The molecule has 2 aliphatic heterocycles. The zero-order chi connectivity index (χ0) is 58.1. The van der Waals surface area contributed by atoms with Crippen molar-refractivity contribution >= 4 is 79.0 Å². The number of anilines is 6. The van der Waals surface area contributed by atoms with Crippen LogP contribution in [0.5, 0.6) is 0 Å². The van der Waals surface area contributed by atoms with Crippen molar-refractivity contribution in [2.75, 3.05) is 9.80 Å². The van der Waals surface area contributed by atoms with Crippen LogP contribution in [-0.2, 0) is 0 Å². The molecule has 14 aromatic rings. The summed E-state index contributed by atoms with van der Waals surface area (Å²) in [5, 5.41) is 2.51. The standard InChI is InChI=1S/C84H62BN3/c1-7-26-57(27-8-1)65-48-50-74-79(54-65)88(84-70(61-34-15-5-16-35-61)44-25-45-71(84)62-36-17-6-18-37-62)81-56-66(58-28-9-2-10-29-58)55-80-82(81)85(74)75-53-64(63-38-23-39-67(52-63)86-76-46-21-19-40-72(76)73-41-20-22-47-77(73)86)49-51-78(75)87(80)83-68(59-30-11-3-12-31-59)42-24-43-69(83)60-32-13-4-14-33-60/h1,3-8,11-27,30-56,58H,2,9-10,28-29H2. The second-order valence-electron chi connectivity index (χ2n) is 24.1. The minimum atomic E-state index is -0.152. The predicted octanol–water partition coefficient (Wildman–Crippen LogP) is 20.9. The summed E-state index contributed by atoms with van der Waals surface area (Å²) in [4.78, 5) is 5.43. The Morgan fingerprint density at radius 2 is 0.705 bits per heavy atom. The molecular formula is C84H62BN3. The van der Waals surface area contributed by atoms with Crippen molar-refractivity contribution in [2.24, 2.45) is 0 Å². The molecule has 17 rings (SSSR count). The second-order valence-corrected chi connectivity index (χ2v) is 24.1. The molecule has 13 aromatic carbocycles. The summed E-state index contributed by atoms with van der Waals surface area (Å²) in [6, 6.07) is 116. The molecule has 1 aliphatic carbocycles. The Labute approximate surface area is 515 Å². The average molecular weight is 1120 g/mol. The van der Waals surface area contributed by atoms with Crippen LogP contribution >= 0.6 is 0 Å². The Bertz CT molecular complexity index is 4780. The molecule has 0 radical (unpaired) electrons. The number of para-hydroxylation sites is 4. The third-order valence-electron chi connectivity index (χ3n) is 19.2. The average Bonchev–Trinajstić information content (AvgIpc) is 0.901. The quantitative estimate of drug-likeness (QED) is 0.126. The molecule has 88 heavy (non-hydrogen) atoms. The molecule has 0 spiro atoms. The summed E-state index contributed by atoms with van der Waals surface area (Å²) in [6.45, 7) is -0.152. The van der Waals surface area contributed by atoms with Crippen LogP contribution in [0.1, 0.15) is 43.6 Å². The van der Waals surface area contributed by atoms with Gasteiger partial charge in [0, 0.05) is 61.5 Å². The van der Waals surface area contributed by atoms with Crippen LogP contribution in [0.25, 0.3) is 94.3 Å². The maximum absolute atomic E-state index is 2.72. The van der Waals surface area contributed by atoms with Crippen molar-refractivity contribution in [1.82, 2.24) is 4.57 Å². The van der Waals surface area contributed by atoms with Gasteiger partial charge in [-0.1, -0.05) is 280 Å². The van der Waals surface area contributed by atoms with Crippen molar-refractivity contribution in [3.05, 3.63) is 315 Å². The molecule has 1 saturated carbocycles. The molecule has 0 amide bonds. The van der Waals surface area contributed by atoms with E-state index in [1.54, 1.807) is 0 Å². The van der Waals surface area contributed by atoms with Crippen LogP contribution in [0, 0.1) is 0 Å². The first-order valence-corrected chi connectivity index (χ1v) is 31.4. The third-order valence-corrected chi connectivity index (χ3v) is 19.2. The first-order chi connectivity index (χ1) is 43.7. The first kappa shape index (κ1) is 51.7. The Hall–Kier alpha value is -10.7. The van der Waals surface area contributed by atoms with Gasteiger partial charge in [0.05, 0.1) is 22.4 Å². The maximum Gasteiger partial charge on any atom is 0.252 e. The van der Waals surface area contributed by atoms with E-state index >= 15 is 0 Å². The van der Waals surface area contributed by atoms with Gasteiger partial charge in [0.15, 0.2) is 0 Å². The van der Waals surface area contributed by atoms with Gasteiger partial charge in [-0.3, -0.25) is 0 Å². The van der Waals surface area contributed by atoms with Crippen LogP contribution in [0.15, 0.2) is 309 Å². The number of hydrogen-bond acceptors (Lipinski definition) is 2. The summed E-state index contributed by atoms with van der Waals surface area (Å²) >= 11 is 0. The number of fused-ring (bicyclic) bond motifs is 7. The van der Waals surface area contributed by atoms with Crippen molar-refractivity contribution in [1.29, 1.82) is 0 Å². The minimum Gasteiger partial charge on any atom is -0.310 e. The van der Waals surface area contributed by atoms with Gasteiger partial charge in [0.2, 0.25) is 0 Å². The van der Waals surface area contributed by atoms with Crippen molar-refractivity contribution < 1.29 is 0 Å². The van der Waals surface area contributed by atoms with Gasteiger partial charge >= 0.3 is 0 Å². The van der Waals surface area contributed by atoms with E-state index in [4.69, 9.17) is 0 Å². The number of nitrogens with zero attached hydrogens (tertiary/aromatic N) is 3. The van der Waals surface area contributed by atoms with Gasteiger partial charge in [-0.25, -0.2) is 0 Å². The molecule has 416 valence electrons. The highest BCUT2D eigenvalue weighted by atomic mass is 15.2. The SMILES string of the molecule is c1ccc(-c2ccc3c(c2)N(c2c(-c4ccccc4)cccc2-c2ccccc2)c2cc(C4CCCCC4)cc4c2B3c2cc(-c3cccc(-n5c6ccccc6c6ccccc65)c3)ccc2N4c2c(-c3ccccc3)cccc2-c2ccccc2)cc1. The molecule has 0 atom stereocenters. The molecular weight excluding hydrogens is 1060 g/mol. The number of benzene rings is 13. The van der Waals surface area contributed by atoms with E-state index in [9.17, 15) is 0 Å². The molecule has 0 saturated heterocycles. The molecule has 0 unspecified atom stereocenters. The monoisotopic (exact) mass is 1120 g/mol. The molecule has 4 heteroatoms. The van der Waals surface area contributed by atoms with E-state index in [1.165, 1.54) is 164 Å². The van der Waals surface area contributed by atoms with E-state index in [0.29, 0.717) is 5.92 Å². The summed E-state index contributed by atoms with van der Waals surface area (Å²) in [5.41, 5.74) is 30.2. The lowest BCUT2D eigenvalue weighted by molar-refractivity contribution is 0.444. The zero-order valence-electron chi connectivity index (χ0n) is 49.0. The maximum atomic E-state index is 2.72. The van der Waals surface area contributed by atoms with Crippen LogP contribution < -0.4 is 26.2 Å². The Morgan fingerprint density at radius 1 is 0.284 bits per heavy atom. The molecule has 0 bridgehead atoms. The zero-order valence-corrected chi connectivity index (χ0v) is 49.0. The smallest absolute Gasteiger partial charge is 0.252 e. The van der Waals surface area contributed by atoms with Gasteiger partial charge < -0.3 is 14.4 Å². The number of hydrogen-bond donors (Lipinski definition) is 0. The summed E-state index contributed by atoms with van der Waals surface area (Å²) < 4.78 is 2.44. The predicted molar refractivity (Wildman–Crippen MR) is 373 cm³/mol. The summed E-state index contributed by atoms with van der Waals surface area (Å²) in [5.74, 6) is 0.399. The number of aromatic nitrogens is 1. The van der Waals surface area contributed by atoms with Gasteiger partial charge in [-0.2, -0.15) is 0 Å². The molecule has 3 heterocycles. The van der Waals surface area contributed by atoms with E-state index in [1.807, 2.05) is 0 Å². The van der Waals surface area contributed by atoms with Crippen molar-refractivity contribution in [2.45, 2.75) is 38.0 Å². The van der Waals surface area contributed by atoms with E-state index in [2.05, 4.69) is 324 Å². The first-order valence-electron chi connectivity index (χ1n) is 31.4. The van der Waals surface area contributed by atoms with Crippen LogP contribution in [0.4, 0.5) is 34.1 Å². The molecule has 1 aromatic heterocycles. The van der Waals surface area contributed by atoms with Gasteiger partial charge in [-0.15, -0.1) is 0 Å². The highest BCUT2D eigenvalue weighted by molar-refractivity contribution is 7.00. The Balaban J connectivity index is 1.00. The lowest BCUT2D eigenvalue weighted by atomic mass is 9.33. The fourth-order valence-electron chi connectivity index (χ4n) is 15.2. The van der Waals surface area contributed by atoms with Crippen LogP contribution in [0.2, 0.25) is 0 Å². The lowest BCUT2D eigenvalue weighted by Gasteiger charge is -2.46. The lowest BCUT2D eigenvalue weighted by Crippen LogP contribution is -2.61. The van der Waals surface area contributed by atoms with E-state index in [-0.39, 0.29) is 6.71 Å². The Kier molecular flexibility index (Phi) is 12.7. The second kappa shape index (κ2) is 21.7. The summed E-state index contributed by atoms with van der Waals surface area (Å²) in [6.07, 6.45) is 6.05. The normalized spacial score (nSPS) is 13.6. The van der Waals surface area contributed by atoms with E-state index in [0.717, 1.165) is 18.5 Å². The van der Waals surface area contributed by atoms with Gasteiger partial charge in [0.25, 0.3) is 6.71 Å². The molecule has 0 N–H and O–H groups in total. The van der Waals surface area contributed by atoms with Crippen LogP contribution in [0.3, 0.4) is 0 Å². The Morgan fingerprint density at radius 3 is 1.23 bits per heavy atom. The van der Waals surface area contributed by atoms with Gasteiger partial charge in [0.1, 0.15) is 0 Å². The van der Waals surface area contributed by atoms with Crippen LogP contribution in [-0.4, -0.2) is 11.3 Å².